The van der Waals surface area contributed by atoms with Crippen LogP contribution in [0.25, 0.3) is 0 Å². The first-order chi connectivity index (χ1) is 9.41. The molecule has 1 fully saturated rings. The molecule has 1 aromatic rings. The zero-order valence-corrected chi connectivity index (χ0v) is 11.1. The zero-order chi connectivity index (χ0) is 14.8. The number of hydrogen-bond donors (Lipinski definition) is 0. The van der Waals surface area contributed by atoms with E-state index in [9.17, 15) is 13.2 Å². The van der Waals surface area contributed by atoms with Gasteiger partial charge in [-0.05, 0) is 38.1 Å². The van der Waals surface area contributed by atoms with Gasteiger partial charge in [-0.3, -0.25) is 0 Å². The Morgan fingerprint density at radius 1 is 1.40 bits per heavy atom. The van der Waals surface area contributed by atoms with Crippen molar-refractivity contribution in [3.05, 3.63) is 29.3 Å². The molecule has 108 valence electrons. The number of ether oxygens (including phenoxy) is 1. The van der Waals surface area contributed by atoms with E-state index in [0.29, 0.717) is 19.2 Å². The van der Waals surface area contributed by atoms with Crippen LogP contribution in [0.2, 0.25) is 0 Å². The van der Waals surface area contributed by atoms with Crippen LogP contribution in [0.3, 0.4) is 0 Å². The predicted molar refractivity (Wildman–Crippen MR) is 67.3 cm³/mol. The van der Waals surface area contributed by atoms with Crippen molar-refractivity contribution in [2.75, 3.05) is 20.2 Å². The summed E-state index contributed by atoms with van der Waals surface area (Å²) < 4.78 is 43.6. The van der Waals surface area contributed by atoms with Gasteiger partial charge in [0, 0.05) is 12.6 Å². The van der Waals surface area contributed by atoms with Crippen molar-refractivity contribution in [3.63, 3.8) is 0 Å². The minimum atomic E-state index is -4.55. The van der Waals surface area contributed by atoms with Gasteiger partial charge >= 0.3 is 6.18 Å². The van der Waals surface area contributed by atoms with E-state index >= 15 is 0 Å². The summed E-state index contributed by atoms with van der Waals surface area (Å²) in [5, 5.41) is 8.69. The van der Waals surface area contributed by atoms with Crippen molar-refractivity contribution < 1.29 is 17.9 Å². The first kappa shape index (κ1) is 14.7. The van der Waals surface area contributed by atoms with E-state index in [2.05, 4.69) is 4.90 Å². The molecular weight excluding hydrogens is 269 g/mol. The van der Waals surface area contributed by atoms with Crippen LogP contribution >= 0.6 is 0 Å². The van der Waals surface area contributed by atoms with Gasteiger partial charge < -0.3 is 9.64 Å². The number of likely N-dealkylation sites (N-methyl/N-ethyl adjacent to an activating group) is 1. The molecule has 1 aromatic carbocycles. The topological polar surface area (TPSA) is 36.3 Å². The fourth-order valence-electron chi connectivity index (χ4n) is 1.95. The Kier molecular flexibility index (Phi) is 4.19. The van der Waals surface area contributed by atoms with Crippen molar-refractivity contribution in [1.29, 1.82) is 5.26 Å². The second-order valence-corrected chi connectivity index (χ2v) is 4.88. The van der Waals surface area contributed by atoms with Gasteiger partial charge in [-0.2, -0.15) is 18.4 Å². The normalized spacial score (nSPS) is 15.2. The van der Waals surface area contributed by atoms with Crippen LogP contribution in [0.4, 0.5) is 13.2 Å². The monoisotopic (exact) mass is 284 g/mol. The van der Waals surface area contributed by atoms with Gasteiger partial charge in [0.25, 0.3) is 0 Å². The van der Waals surface area contributed by atoms with Crippen LogP contribution in [-0.2, 0) is 6.18 Å². The molecule has 0 N–H and O–H groups in total. The summed E-state index contributed by atoms with van der Waals surface area (Å²) in [6, 6.07) is 5.55. The van der Waals surface area contributed by atoms with Crippen LogP contribution in [0.5, 0.6) is 5.75 Å². The predicted octanol–water partition coefficient (Wildman–Crippen LogP) is 3.05. The Balaban J connectivity index is 1.99. The average molecular weight is 284 g/mol. The number of nitrogens with zero attached hydrogens (tertiary/aromatic N) is 2. The third-order valence-electron chi connectivity index (χ3n) is 3.30. The number of rotatable bonds is 5. The highest BCUT2D eigenvalue weighted by molar-refractivity contribution is 5.44. The Labute approximate surface area is 115 Å². The second kappa shape index (κ2) is 5.71. The lowest BCUT2D eigenvalue weighted by Crippen LogP contribution is -2.26. The van der Waals surface area contributed by atoms with E-state index in [-0.39, 0.29) is 11.3 Å². The Hall–Kier alpha value is -1.74. The average Bonchev–Trinajstić information content (AvgIpc) is 3.21. The molecule has 1 saturated carbocycles. The lowest BCUT2D eigenvalue weighted by atomic mass is 10.1. The van der Waals surface area contributed by atoms with E-state index < -0.39 is 11.7 Å². The minimum absolute atomic E-state index is 0.139. The standard InChI is InChI=1S/C14H15F3N2O/c1-19(11-3-4-11)6-7-20-12-5-2-10(9-18)13(8-12)14(15,16)17/h2,5,8,11H,3-4,6-7H2,1H3. The third kappa shape index (κ3) is 3.64. The maximum Gasteiger partial charge on any atom is 0.417 e. The SMILES string of the molecule is CN(CCOc1ccc(C#N)c(C(F)(F)F)c1)C1CC1. The fourth-order valence-corrected chi connectivity index (χ4v) is 1.95. The number of nitriles is 1. The third-order valence-corrected chi connectivity index (χ3v) is 3.30. The second-order valence-electron chi connectivity index (χ2n) is 4.88. The van der Waals surface area contributed by atoms with Crippen molar-refractivity contribution in [3.8, 4) is 11.8 Å². The number of halogens is 3. The van der Waals surface area contributed by atoms with Gasteiger partial charge in [-0.1, -0.05) is 0 Å². The van der Waals surface area contributed by atoms with Crippen LogP contribution in [0, 0.1) is 11.3 Å². The summed E-state index contributed by atoms with van der Waals surface area (Å²) in [6.45, 7) is 1.00. The van der Waals surface area contributed by atoms with Gasteiger partial charge in [0.05, 0.1) is 17.2 Å². The van der Waals surface area contributed by atoms with Crippen molar-refractivity contribution >= 4 is 0 Å². The largest absolute Gasteiger partial charge is 0.492 e. The number of benzene rings is 1. The lowest BCUT2D eigenvalue weighted by molar-refractivity contribution is -0.137. The summed E-state index contributed by atoms with van der Waals surface area (Å²) in [7, 11) is 1.97. The Bertz CT molecular complexity index is 518. The Morgan fingerprint density at radius 3 is 2.65 bits per heavy atom. The van der Waals surface area contributed by atoms with E-state index in [1.54, 1.807) is 6.07 Å². The molecule has 2 rings (SSSR count). The van der Waals surface area contributed by atoms with Gasteiger partial charge in [-0.15, -0.1) is 0 Å². The summed E-state index contributed by atoms with van der Waals surface area (Å²) in [5.74, 6) is 0.139. The summed E-state index contributed by atoms with van der Waals surface area (Å²) in [5.41, 5.74) is -1.34. The van der Waals surface area contributed by atoms with Crippen molar-refractivity contribution in [1.82, 2.24) is 4.90 Å². The maximum absolute atomic E-state index is 12.8. The van der Waals surface area contributed by atoms with Crippen molar-refractivity contribution in [2.45, 2.75) is 25.1 Å². The van der Waals surface area contributed by atoms with Crippen LogP contribution in [-0.4, -0.2) is 31.1 Å². The van der Waals surface area contributed by atoms with Crippen molar-refractivity contribution in [2.24, 2.45) is 0 Å². The molecule has 1 aliphatic rings. The van der Waals surface area contributed by atoms with Crippen LogP contribution in [0.1, 0.15) is 24.0 Å². The highest BCUT2D eigenvalue weighted by Gasteiger charge is 2.34. The molecule has 0 saturated heterocycles. The van der Waals surface area contributed by atoms with E-state index in [4.69, 9.17) is 10.00 Å². The molecule has 0 atom stereocenters. The Morgan fingerprint density at radius 2 is 2.10 bits per heavy atom. The smallest absolute Gasteiger partial charge is 0.417 e. The quantitative estimate of drug-likeness (QED) is 0.833. The molecule has 0 heterocycles. The highest BCUT2D eigenvalue weighted by Crippen LogP contribution is 2.34. The number of hydrogen-bond acceptors (Lipinski definition) is 3. The minimum Gasteiger partial charge on any atom is -0.492 e. The fraction of sp³-hybridized carbons (Fsp3) is 0.500. The summed E-state index contributed by atoms with van der Waals surface area (Å²) >= 11 is 0. The van der Waals surface area contributed by atoms with E-state index in [1.165, 1.54) is 18.9 Å². The van der Waals surface area contributed by atoms with E-state index in [1.807, 2.05) is 7.05 Å². The molecule has 0 spiro atoms. The van der Waals surface area contributed by atoms with Crippen LogP contribution in [0.15, 0.2) is 18.2 Å². The molecular formula is C14H15F3N2O. The summed E-state index contributed by atoms with van der Waals surface area (Å²) in [6.07, 6.45) is -2.20. The highest BCUT2D eigenvalue weighted by atomic mass is 19.4. The lowest BCUT2D eigenvalue weighted by Gasteiger charge is -2.16. The molecule has 0 unspecified atom stereocenters. The molecule has 6 heteroatoms. The molecule has 20 heavy (non-hydrogen) atoms. The van der Waals surface area contributed by atoms with Crippen LogP contribution < -0.4 is 4.74 Å². The first-order valence-corrected chi connectivity index (χ1v) is 6.36. The maximum atomic E-state index is 12.8. The molecule has 0 radical (unpaired) electrons. The molecule has 3 nitrogen and oxygen atoms in total. The number of alkyl halides is 3. The van der Waals surface area contributed by atoms with Gasteiger partial charge in [0.1, 0.15) is 12.4 Å². The molecule has 0 aliphatic heterocycles. The van der Waals surface area contributed by atoms with Gasteiger partial charge in [-0.25, -0.2) is 0 Å². The zero-order valence-electron chi connectivity index (χ0n) is 11.1. The summed E-state index contributed by atoms with van der Waals surface area (Å²) in [4.78, 5) is 2.13. The van der Waals surface area contributed by atoms with Gasteiger partial charge in [0.2, 0.25) is 0 Å². The molecule has 1 aliphatic carbocycles. The van der Waals surface area contributed by atoms with Gasteiger partial charge in [0.15, 0.2) is 0 Å². The van der Waals surface area contributed by atoms with E-state index in [0.717, 1.165) is 12.1 Å². The molecule has 0 amide bonds. The first-order valence-electron chi connectivity index (χ1n) is 6.36. The molecule has 0 aromatic heterocycles. The molecule has 0 bridgehead atoms.